The number of thiazole rings is 1. The largest absolute Gasteiger partial charge is 0.493 e. The molecular weight excluding hydrogens is 895 g/mol. The molecule has 5 heterocycles. The molecule has 0 radical (unpaired) electrons. The van der Waals surface area contributed by atoms with Crippen molar-refractivity contribution in [2.45, 2.75) is 39.2 Å². The standard InChI is InChI=1S/C52H55N9O7S/c1-32-35(36-16-18-45(56-48(36)51(65)66)61-22-20-33-8-5-10-37(40(33)31-61)49(63)58-52-55-41-11-3-4-13-44(41)69-52)9-6-12-43(32)68-28-7-21-59-23-25-60(26-24-59)27-29-67-34-14-15-38(42(30-34)54-2)47(53)39-17-19-46(62)57-50(39)64/h3-6,8-16,18,30,39,53-54H,7,17,19-29,31H2,1-2H3,(H,65,66)(H,55,58,63)(H,57,62,64). The zero-order valence-corrected chi connectivity index (χ0v) is 39.5. The predicted molar refractivity (Wildman–Crippen MR) is 267 cm³/mol. The van der Waals surface area contributed by atoms with Crippen LogP contribution in [0, 0.1) is 18.3 Å². The van der Waals surface area contributed by atoms with Gasteiger partial charge in [0, 0.05) is 94.3 Å². The molecule has 4 aromatic carbocycles. The van der Waals surface area contributed by atoms with Gasteiger partial charge in [-0.3, -0.25) is 29.9 Å². The Labute approximate surface area is 404 Å². The number of aromatic carboxylic acids is 1. The number of hydrogen-bond donors (Lipinski definition) is 5. The summed E-state index contributed by atoms with van der Waals surface area (Å²) < 4.78 is 13.4. The second-order valence-corrected chi connectivity index (χ2v) is 18.5. The molecule has 0 saturated carbocycles. The van der Waals surface area contributed by atoms with Gasteiger partial charge in [0.05, 0.1) is 28.5 Å². The molecule has 1 unspecified atom stereocenters. The lowest BCUT2D eigenvalue weighted by Crippen LogP contribution is -2.47. The summed E-state index contributed by atoms with van der Waals surface area (Å²) in [5.41, 5.74) is 6.88. The number of para-hydroxylation sites is 1. The molecule has 1 atom stereocenters. The number of amides is 3. The topological polar surface area (TPSA) is 202 Å². The molecule has 16 nitrogen and oxygen atoms in total. The van der Waals surface area contributed by atoms with E-state index in [2.05, 4.69) is 30.7 Å². The van der Waals surface area contributed by atoms with E-state index in [9.17, 15) is 24.3 Å². The summed E-state index contributed by atoms with van der Waals surface area (Å²) in [6.45, 7) is 9.36. The molecule has 3 amide bonds. The van der Waals surface area contributed by atoms with Crippen LogP contribution in [0.5, 0.6) is 11.5 Å². The SMILES string of the molecule is CNc1cc(OCCN2CCN(CCCOc3cccc(-c4ccc(N5CCc6cccc(C(=O)Nc7nc8ccccc8s7)c6C5)nc4C(=O)O)c3C)CC2)ccc1C(=N)C1CCC(=O)NC1=O. The second kappa shape index (κ2) is 21.0. The molecule has 0 spiro atoms. The van der Waals surface area contributed by atoms with Crippen LogP contribution in [0.25, 0.3) is 21.3 Å². The predicted octanol–water partition coefficient (Wildman–Crippen LogP) is 7.11. The number of benzene rings is 4. The van der Waals surface area contributed by atoms with E-state index in [4.69, 9.17) is 19.9 Å². The number of rotatable bonds is 17. The van der Waals surface area contributed by atoms with Crippen LogP contribution >= 0.6 is 11.3 Å². The Morgan fingerprint density at radius 3 is 2.43 bits per heavy atom. The van der Waals surface area contributed by atoms with Gasteiger partial charge in [-0.05, 0) is 97.0 Å². The minimum atomic E-state index is -1.13. The van der Waals surface area contributed by atoms with Gasteiger partial charge in [0.15, 0.2) is 10.8 Å². The number of carbonyl (C=O) groups is 4. The maximum Gasteiger partial charge on any atom is 0.355 e. The first kappa shape index (κ1) is 46.9. The number of carboxylic acids is 1. The number of pyridine rings is 1. The maximum absolute atomic E-state index is 13.6. The molecule has 2 fully saturated rings. The highest BCUT2D eigenvalue weighted by molar-refractivity contribution is 7.22. The molecule has 356 valence electrons. The lowest BCUT2D eigenvalue weighted by molar-refractivity contribution is -0.134. The van der Waals surface area contributed by atoms with Crippen molar-refractivity contribution in [2.75, 3.05) is 81.6 Å². The van der Waals surface area contributed by atoms with Gasteiger partial charge in [0.25, 0.3) is 5.91 Å². The fraction of sp³-hybridized carbons (Fsp3) is 0.327. The quantitative estimate of drug-likeness (QED) is 0.0352. The lowest BCUT2D eigenvalue weighted by Gasteiger charge is -2.34. The monoisotopic (exact) mass is 949 g/mol. The van der Waals surface area contributed by atoms with E-state index in [0.29, 0.717) is 84.0 Å². The van der Waals surface area contributed by atoms with Crippen LogP contribution in [-0.4, -0.2) is 120 Å². The average Bonchev–Trinajstić information content (AvgIpc) is 3.77. The zero-order chi connectivity index (χ0) is 48.0. The van der Waals surface area contributed by atoms with Crippen molar-refractivity contribution >= 4 is 67.6 Å². The highest BCUT2D eigenvalue weighted by atomic mass is 32.1. The number of piperazine rings is 1. The van der Waals surface area contributed by atoms with Crippen molar-refractivity contribution in [3.63, 3.8) is 0 Å². The van der Waals surface area contributed by atoms with E-state index in [1.54, 1.807) is 13.1 Å². The van der Waals surface area contributed by atoms with E-state index in [1.807, 2.05) is 96.8 Å². The van der Waals surface area contributed by atoms with E-state index in [0.717, 1.165) is 78.2 Å². The maximum atomic E-state index is 13.6. The summed E-state index contributed by atoms with van der Waals surface area (Å²) in [7, 11) is 1.77. The summed E-state index contributed by atoms with van der Waals surface area (Å²) in [5.74, 6) is -0.848. The van der Waals surface area contributed by atoms with E-state index in [-0.39, 0.29) is 29.6 Å². The Kier molecular flexibility index (Phi) is 14.3. The Morgan fingerprint density at radius 1 is 0.855 bits per heavy atom. The van der Waals surface area contributed by atoms with Gasteiger partial charge in [0.1, 0.15) is 23.9 Å². The second-order valence-electron chi connectivity index (χ2n) is 17.5. The van der Waals surface area contributed by atoms with Crippen LogP contribution < -0.4 is 30.3 Å². The van der Waals surface area contributed by atoms with Gasteiger partial charge in [-0.25, -0.2) is 14.8 Å². The summed E-state index contributed by atoms with van der Waals surface area (Å²) in [4.78, 5) is 66.5. The number of fused-ring (bicyclic) bond motifs is 2. The number of anilines is 3. The van der Waals surface area contributed by atoms with Crippen molar-refractivity contribution in [1.82, 2.24) is 25.1 Å². The third-order valence-electron chi connectivity index (χ3n) is 13.2. The summed E-state index contributed by atoms with van der Waals surface area (Å²) >= 11 is 1.43. The number of aromatic nitrogens is 2. The normalized spacial score (nSPS) is 16.4. The number of carboxylic acid groups (broad SMARTS) is 1. The molecule has 9 rings (SSSR count). The number of piperidine rings is 1. The first-order valence-corrected chi connectivity index (χ1v) is 24.2. The van der Waals surface area contributed by atoms with Crippen LogP contribution in [0.15, 0.2) is 91.0 Å². The highest BCUT2D eigenvalue weighted by Gasteiger charge is 2.32. The van der Waals surface area contributed by atoms with Gasteiger partial charge >= 0.3 is 5.97 Å². The number of imide groups is 1. The molecule has 17 heteroatoms. The van der Waals surface area contributed by atoms with Gasteiger partial charge in [-0.1, -0.05) is 47.7 Å². The minimum absolute atomic E-state index is 0.0473. The van der Waals surface area contributed by atoms with E-state index >= 15 is 0 Å². The van der Waals surface area contributed by atoms with Crippen LogP contribution in [0.2, 0.25) is 0 Å². The van der Waals surface area contributed by atoms with E-state index < -0.39 is 17.8 Å². The molecule has 2 saturated heterocycles. The molecule has 3 aliphatic rings. The van der Waals surface area contributed by atoms with Crippen LogP contribution in [-0.2, 0) is 22.6 Å². The Morgan fingerprint density at radius 2 is 1.65 bits per heavy atom. The van der Waals surface area contributed by atoms with Crippen molar-refractivity contribution in [1.29, 1.82) is 5.41 Å². The summed E-state index contributed by atoms with van der Waals surface area (Å²) in [6.07, 6.45) is 2.06. The molecule has 0 aliphatic carbocycles. The lowest BCUT2D eigenvalue weighted by atomic mass is 9.88. The van der Waals surface area contributed by atoms with Gasteiger partial charge < -0.3 is 35.1 Å². The third-order valence-corrected chi connectivity index (χ3v) is 14.1. The van der Waals surface area contributed by atoms with Gasteiger partial charge in [-0.15, -0.1) is 0 Å². The first-order chi connectivity index (χ1) is 33.5. The number of hydrogen-bond acceptors (Lipinski definition) is 14. The minimum Gasteiger partial charge on any atom is -0.493 e. The average molecular weight is 950 g/mol. The Hall–Kier alpha value is -7.21. The van der Waals surface area contributed by atoms with Crippen molar-refractivity contribution in [2.24, 2.45) is 5.92 Å². The number of nitrogens with zero attached hydrogens (tertiary/aromatic N) is 5. The molecular formula is C52H55N9O7S. The molecule has 5 N–H and O–H groups in total. The van der Waals surface area contributed by atoms with Crippen molar-refractivity contribution in [3.05, 3.63) is 125 Å². The Bertz CT molecular complexity index is 2900. The number of nitrogens with one attached hydrogen (secondary N) is 4. The van der Waals surface area contributed by atoms with Crippen LogP contribution in [0.3, 0.4) is 0 Å². The Balaban J connectivity index is 0.748. The molecule has 0 bridgehead atoms. The molecule has 6 aromatic rings. The summed E-state index contributed by atoms with van der Waals surface area (Å²) in [6, 6.07) is 28.3. The summed E-state index contributed by atoms with van der Waals surface area (Å²) in [5, 5.41) is 28.1. The smallest absolute Gasteiger partial charge is 0.355 e. The van der Waals surface area contributed by atoms with Crippen LogP contribution in [0.4, 0.5) is 16.6 Å². The van der Waals surface area contributed by atoms with Gasteiger partial charge in [-0.2, -0.15) is 0 Å². The van der Waals surface area contributed by atoms with Gasteiger partial charge in [0.2, 0.25) is 11.8 Å². The van der Waals surface area contributed by atoms with Crippen LogP contribution in [0.1, 0.15) is 62.4 Å². The molecule has 3 aliphatic heterocycles. The fourth-order valence-corrected chi connectivity index (χ4v) is 10.2. The first-order valence-electron chi connectivity index (χ1n) is 23.3. The number of ether oxygens (including phenoxy) is 2. The molecule has 69 heavy (non-hydrogen) atoms. The fourth-order valence-electron chi connectivity index (χ4n) is 9.36. The highest BCUT2D eigenvalue weighted by Crippen LogP contribution is 2.35. The number of carbonyl (C=O) groups excluding carboxylic acids is 3. The van der Waals surface area contributed by atoms with Crippen molar-refractivity contribution < 1.29 is 33.8 Å². The zero-order valence-electron chi connectivity index (χ0n) is 38.7. The third kappa shape index (κ3) is 10.6. The van der Waals surface area contributed by atoms with E-state index in [1.165, 1.54) is 11.3 Å². The van der Waals surface area contributed by atoms with Crippen molar-refractivity contribution in [3.8, 4) is 22.6 Å². The molecule has 2 aromatic heterocycles.